The molecule has 1 atom stereocenters. The molecule has 20 heavy (non-hydrogen) atoms. The standard InChI is InChI=1S/C16H23NO3/c1-10(2)16(18)17-7-6-12-8-14(19-4)15(20-5)9-13(12)11(17)3/h8-11H,6-7H2,1-5H3/t11-/m0/s1. The Kier molecular flexibility index (Phi) is 4.21. The molecule has 0 fully saturated rings. The van der Waals surface area contributed by atoms with Crippen LogP contribution in [0, 0.1) is 5.92 Å². The summed E-state index contributed by atoms with van der Waals surface area (Å²) in [6, 6.07) is 4.11. The first-order chi connectivity index (χ1) is 9.49. The number of carbonyl (C=O) groups excluding carboxylic acids is 1. The van der Waals surface area contributed by atoms with E-state index in [2.05, 4.69) is 6.92 Å². The Morgan fingerprint density at radius 1 is 1.25 bits per heavy atom. The summed E-state index contributed by atoms with van der Waals surface area (Å²) >= 11 is 0. The molecule has 0 aliphatic carbocycles. The van der Waals surface area contributed by atoms with Crippen molar-refractivity contribution in [3.63, 3.8) is 0 Å². The lowest BCUT2D eigenvalue weighted by Crippen LogP contribution is -2.41. The van der Waals surface area contributed by atoms with Crippen LogP contribution in [0.1, 0.15) is 37.9 Å². The largest absolute Gasteiger partial charge is 0.493 e. The summed E-state index contributed by atoms with van der Waals surface area (Å²) in [4.78, 5) is 14.2. The van der Waals surface area contributed by atoms with Crippen LogP contribution in [0.2, 0.25) is 0 Å². The number of amides is 1. The zero-order chi connectivity index (χ0) is 14.9. The Bertz CT molecular complexity index is 511. The highest BCUT2D eigenvalue weighted by Crippen LogP contribution is 2.38. The van der Waals surface area contributed by atoms with Crippen molar-refractivity contribution < 1.29 is 14.3 Å². The summed E-state index contributed by atoms with van der Waals surface area (Å²) in [5.41, 5.74) is 2.39. The van der Waals surface area contributed by atoms with Gasteiger partial charge in [0.1, 0.15) is 0 Å². The van der Waals surface area contributed by atoms with Crippen LogP contribution in [-0.4, -0.2) is 31.6 Å². The van der Waals surface area contributed by atoms with Crippen LogP contribution >= 0.6 is 0 Å². The SMILES string of the molecule is COc1cc2c(cc1OC)[C@H](C)N(C(=O)C(C)C)CC2. The number of hydrogen-bond acceptors (Lipinski definition) is 3. The van der Waals surface area contributed by atoms with Crippen LogP contribution in [0.5, 0.6) is 11.5 Å². The molecule has 2 rings (SSSR count). The third kappa shape index (κ3) is 2.47. The van der Waals surface area contributed by atoms with E-state index in [0.717, 1.165) is 30.0 Å². The molecule has 0 radical (unpaired) electrons. The van der Waals surface area contributed by atoms with Gasteiger partial charge in [0.25, 0.3) is 0 Å². The summed E-state index contributed by atoms with van der Waals surface area (Å²) < 4.78 is 10.7. The van der Waals surface area contributed by atoms with Gasteiger partial charge in [-0.1, -0.05) is 13.8 Å². The molecule has 0 unspecified atom stereocenters. The second kappa shape index (κ2) is 5.73. The van der Waals surface area contributed by atoms with Gasteiger partial charge >= 0.3 is 0 Å². The smallest absolute Gasteiger partial charge is 0.225 e. The van der Waals surface area contributed by atoms with Crippen LogP contribution in [-0.2, 0) is 11.2 Å². The molecule has 110 valence electrons. The maximum absolute atomic E-state index is 12.3. The number of ether oxygens (including phenoxy) is 2. The molecular formula is C16H23NO3. The number of benzene rings is 1. The van der Waals surface area contributed by atoms with Crippen LogP contribution in [0.25, 0.3) is 0 Å². The average Bonchev–Trinajstić information content (AvgIpc) is 2.45. The highest BCUT2D eigenvalue weighted by molar-refractivity contribution is 5.79. The maximum atomic E-state index is 12.3. The lowest BCUT2D eigenvalue weighted by atomic mass is 9.92. The van der Waals surface area contributed by atoms with E-state index in [9.17, 15) is 4.79 Å². The minimum Gasteiger partial charge on any atom is -0.493 e. The third-order valence-corrected chi connectivity index (χ3v) is 3.96. The van der Waals surface area contributed by atoms with Crippen LogP contribution < -0.4 is 9.47 Å². The zero-order valence-corrected chi connectivity index (χ0v) is 12.9. The van der Waals surface area contributed by atoms with Crippen LogP contribution in [0.15, 0.2) is 12.1 Å². The van der Waals surface area contributed by atoms with E-state index in [-0.39, 0.29) is 17.9 Å². The van der Waals surface area contributed by atoms with Crippen molar-refractivity contribution in [3.05, 3.63) is 23.3 Å². The predicted octanol–water partition coefficient (Wildman–Crippen LogP) is 2.81. The number of hydrogen-bond donors (Lipinski definition) is 0. The Morgan fingerprint density at radius 2 is 1.85 bits per heavy atom. The number of methoxy groups -OCH3 is 2. The van der Waals surface area contributed by atoms with Crippen molar-refractivity contribution in [3.8, 4) is 11.5 Å². The third-order valence-electron chi connectivity index (χ3n) is 3.96. The zero-order valence-electron chi connectivity index (χ0n) is 12.9. The van der Waals surface area contributed by atoms with Gasteiger partial charge in [-0.3, -0.25) is 4.79 Å². The number of carbonyl (C=O) groups is 1. The summed E-state index contributed by atoms with van der Waals surface area (Å²) in [6.07, 6.45) is 0.860. The fourth-order valence-electron chi connectivity index (χ4n) is 2.78. The number of nitrogens with zero attached hydrogens (tertiary/aromatic N) is 1. The van der Waals surface area contributed by atoms with Gasteiger partial charge in [-0.05, 0) is 36.6 Å². The van der Waals surface area contributed by atoms with Crippen molar-refractivity contribution in [1.29, 1.82) is 0 Å². The molecule has 0 bridgehead atoms. The number of fused-ring (bicyclic) bond motifs is 1. The van der Waals surface area contributed by atoms with E-state index in [1.807, 2.05) is 30.9 Å². The van der Waals surface area contributed by atoms with Crippen molar-refractivity contribution in [2.24, 2.45) is 5.92 Å². The number of rotatable bonds is 3. The topological polar surface area (TPSA) is 38.8 Å². The van der Waals surface area contributed by atoms with E-state index in [4.69, 9.17) is 9.47 Å². The first kappa shape index (κ1) is 14.7. The van der Waals surface area contributed by atoms with Crippen molar-refractivity contribution in [2.45, 2.75) is 33.2 Å². The molecule has 0 spiro atoms. The van der Waals surface area contributed by atoms with E-state index < -0.39 is 0 Å². The Morgan fingerprint density at radius 3 is 2.40 bits per heavy atom. The molecular weight excluding hydrogens is 254 g/mol. The molecule has 0 aromatic heterocycles. The molecule has 0 N–H and O–H groups in total. The van der Waals surface area contributed by atoms with Gasteiger partial charge < -0.3 is 14.4 Å². The molecule has 1 amide bonds. The molecule has 1 aliphatic rings. The molecule has 1 aromatic carbocycles. The minimum absolute atomic E-state index is 0.0270. The quantitative estimate of drug-likeness (QED) is 0.852. The van der Waals surface area contributed by atoms with E-state index in [0.29, 0.717) is 0 Å². The fraction of sp³-hybridized carbons (Fsp3) is 0.562. The molecule has 4 heteroatoms. The van der Waals surface area contributed by atoms with E-state index in [1.54, 1.807) is 14.2 Å². The van der Waals surface area contributed by atoms with Gasteiger partial charge in [0.05, 0.1) is 20.3 Å². The Hall–Kier alpha value is -1.71. The van der Waals surface area contributed by atoms with Crippen molar-refractivity contribution >= 4 is 5.91 Å². The second-order valence-corrected chi connectivity index (χ2v) is 5.52. The highest BCUT2D eigenvalue weighted by Gasteiger charge is 2.30. The summed E-state index contributed by atoms with van der Waals surface area (Å²) in [6.45, 7) is 6.73. The lowest BCUT2D eigenvalue weighted by molar-refractivity contribution is -0.137. The molecule has 4 nitrogen and oxygen atoms in total. The first-order valence-electron chi connectivity index (χ1n) is 7.04. The van der Waals surface area contributed by atoms with Gasteiger partial charge in [0.15, 0.2) is 11.5 Å². The molecule has 1 aromatic rings. The van der Waals surface area contributed by atoms with Gasteiger partial charge in [-0.15, -0.1) is 0 Å². The second-order valence-electron chi connectivity index (χ2n) is 5.52. The summed E-state index contributed by atoms with van der Waals surface area (Å²) in [5.74, 6) is 1.70. The van der Waals surface area contributed by atoms with Gasteiger partial charge in [-0.25, -0.2) is 0 Å². The Labute approximate surface area is 120 Å². The maximum Gasteiger partial charge on any atom is 0.225 e. The van der Waals surface area contributed by atoms with E-state index in [1.165, 1.54) is 5.56 Å². The predicted molar refractivity (Wildman–Crippen MR) is 78.2 cm³/mol. The molecule has 1 aliphatic heterocycles. The van der Waals surface area contributed by atoms with Crippen LogP contribution in [0.4, 0.5) is 0 Å². The minimum atomic E-state index is 0.0270. The lowest BCUT2D eigenvalue weighted by Gasteiger charge is -2.36. The summed E-state index contributed by atoms with van der Waals surface area (Å²) in [7, 11) is 3.28. The monoisotopic (exact) mass is 277 g/mol. The van der Waals surface area contributed by atoms with Crippen molar-refractivity contribution in [1.82, 2.24) is 4.90 Å². The molecule has 0 saturated carbocycles. The molecule has 1 heterocycles. The van der Waals surface area contributed by atoms with Crippen LogP contribution in [0.3, 0.4) is 0 Å². The Balaban J connectivity index is 2.38. The molecule has 0 saturated heterocycles. The summed E-state index contributed by atoms with van der Waals surface area (Å²) in [5, 5.41) is 0. The van der Waals surface area contributed by atoms with Gasteiger partial charge in [-0.2, -0.15) is 0 Å². The fourth-order valence-corrected chi connectivity index (χ4v) is 2.78. The van der Waals surface area contributed by atoms with Gasteiger partial charge in [0.2, 0.25) is 5.91 Å². The van der Waals surface area contributed by atoms with E-state index >= 15 is 0 Å². The van der Waals surface area contributed by atoms with Gasteiger partial charge in [0, 0.05) is 12.5 Å². The average molecular weight is 277 g/mol. The normalized spacial score (nSPS) is 17.9. The van der Waals surface area contributed by atoms with Crippen molar-refractivity contribution in [2.75, 3.05) is 20.8 Å². The first-order valence-corrected chi connectivity index (χ1v) is 7.04. The highest BCUT2D eigenvalue weighted by atomic mass is 16.5.